The van der Waals surface area contributed by atoms with Gasteiger partial charge in [-0.05, 0) is 22.3 Å². The first-order chi connectivity index (χ1) is 8.40. The summed E-state index contributed by atoms with van der Waals surface area (Å²) in [5, 5.41) is 0. The van der Waals surface area contributed by atoms with Crippen LogP contribution in [-0.4, -0.2) is 7.11 Å². The van der Waals surface area contributed by atoms with E-state index in [4.69, 9.17) is 4.74 Å². The molecule has 1 nitrogen and oxygen atoms in total. The minimum absolute atomic E-state index is 0.0254. The summed E-state index contributed by atoms with van der Waals surface area (Å²) in [5.74, 6) is 0. The fourth-order valence-corrected chi connectivity index (χ4v) is 2.40. The van der Waals surface area contributed by atoms with Crippen LogP contribution >= 0.6 is 0 Å². The Hall–Kier alpha value is -1.86. The lowest BCUT2D eigenvalue weighted by Gasteiger charge is -2.18. The number of hydrogen-bond acceptors (Lipinski definition) is 1. The van der Waals surface area contributed by atoms with Gasteiger partial charge in [0.05, 0.1) is 0 Å². The molecule has 0 unspecified atom stereocenters. The van der Waals surface area contributed by atoms with Crippen molar-refractivity contribution in [1.29, 1.82) is 0 Å². The number of benzene rings is 2. The number of rotatable bonds is 1. The molecule has 17 heavy (non-hydrogen) atoms. The minimum Gasteiger partial charge on any atom is -0.372 e. The molecule has 0 spiro atoms. The molecule has 0 fully saturated rings. The van der Waals surface area contributed by atoms with Gasteiger partial charge in [-0.15, -0.1) is 0 Å². The lowest BCUT2D eigenvalue weighted by molar-refractivity contribution is 0.136. The highest BCUT2D eigenvalue weighted by Gasteiger charge is 2.19. The van der Waals surface area contributed by atoms with Crippen molar-refractivity contribution >= 4 is 12.2 Å². The van der Waals surface area contributed by atoms with E-state index in [-0.39, 0.29) is 6.10 Å². The SMILES string of the molecule is COC1c2ccccc2C=Cc2ccccc21. The second kappa shape index (κ2) is 4.19. The normalized spacial score (nSPS) is 13.9. The molecule has 3 rings (SSSR count). The average molecular weight is 222 g/mol. The Balaban J connectivity index is 2.25. The summed E-state index contributed by atoms with van der Waals surface area (Å²) in [6, 6.07) is 16.8. The maximum absolute atomic E-state index is 5.68. The lowest BCUT2D eigenvalue weighted by Crippen LogP contribution is -2.05. The van der Waals surface area contributed by atoms with E-state index in [2.05, 4.69) is 60.7 Å². The van der Waals surface area contributed by atoms with Crippen LogP contribution in [0.15, 0.2) is 48.5 Å². The summed E-state index contributed by atoms with van der Waals surface area (Å²) in [7, 11) is 1.77. The first-order valence-corrected chi connectivity index (χ1v) is 5.79. The number of ether oxygens (including phenoxy) is 1. The van der Waals surface area contributed by atoms with Crippen molar-refractivity contribution in [2.24, 2.45) is 0 Å². The summed E-state index contributed by atoms with van der Waals surface area (Å²) in [6.45, 7) is 0. The van der Waals surface area contributed by atoms with Gasteiger partial charge >= 0.3 is 0 Å². The predicted octanol–water partition coefficient (Wildman–Crippen LogP) is 3.91. The van der Waals surface area contributed by atoms with E-state index in [0.29, 0.717) is 0 Å². The fraction of sp³-hybridized carbons (Fsp3) is 0.125. The molecule has 0 heterocycles. The molecule has 0 saturated heterocycles. The highest BCUT2D eigenvalue weighted by Crippen LogP contribution is 2.34. The monoisotopic (exact) mass is 222 g/mol. The smallest absolute Gasteiger partial charge is 0.108 e. The van der Waals surface area contributed by atoms with Gasteiger partial charge in [-0.25, -0.2) is 0 Å². The Morgan fingerprint density at radius 1 is 0.765 bits per heavy atom. The molecule has 84 valence electrons. The molecule has 1 heteroatoms. The minimum atomic E-state index is 0.0254. The Labute approximate surface area is 101 Å². The van der Waals surface area contributed by atoms with Crippen molar-refractivity contribution in [1.82, 2.24) is 0 Å². The van der Waals surface area contributed by atoms with Crippen LogP contribution in [0.25, 0.3) is 12.2 Å². The van der Waals surface area contributed by atoms with Gasteiger partial charge in [-0.2, -0.15) is 0 Å². The van der Waals surface area contributed by atoms with Gasteiger partial charge in [0, 0.05) is 7.11 Å². The van der Waals surface area contributed by atoms with Gasteiger partial charge in [-0.1, -0.05) is 60.7 Å². The molecule has 0 aromatic heterocycles. The third-order valence-corrected chi connectivity index (χ3v) is 3.24. The number of methoxy groups -OCH3 is 1. The van der Waals surface area contributed by atoms with Crippen LogP contribution in [0.3, 0.4) is 0 Å². The summed E-state index contributed by atoms with van der Waals surface area (Å²) < 4.78 is 5.68. The van der Waals surface area contributed by atoms with Crippen LogP contribution in [0.5, 0.6) is 0 Å². The van der Waals surface area contributed by atoms with E-state index in [1.165, 1.54) is 22.3 Å². The number of fused-ring (bicyclic) bond motifs is 2. The van der Waals surface area contributed by atoms with Crippen molar-refractivity contribution in [2.75, 3.05) is 7.11 Å². The summed E-state index contributed by atoms with van der Waals surface area (Å²) >= 11 is 0. The molecule has 0 aliphatic heterocycles. The molecular weight excluding hydrogens is 208 g/mol. The molecule has 2 aromatic carbocycles. The van der Waals surface area contributed by atoms with Crippen LogP contribution in [0, 0.1) is 0 Å². The quantitative estimate of drug-likeness (QED) is 0.711. The first-order valence-electron chi connectivity index (χ1n) is 5.79. The first kappa shape index (κ1) is 10.3. The van der Waals surface area contributed by atoms with Gasteiger partial charge < -0.3 is 4.74 Å². The van der Waals surface area contributed by atoms with E-state index in [1.54, 1.807) is 7.11 Å². The molecule has 0 radical (unpaired) electrons. The Kier molecular flexibility index (Phi) is 2.54. The van der Waals surface area contributed by atoms with Crippen molar-refractivity contribution in [3.05, 3.63) is 70.8 Å². The molecule has 0 saturated carbocycles. The van der Waals surface area contributed by atoms with Crippen molar-refractivity contribution in [3.63, 3.8) is 0 Å². The number of hydrogen-bond donors (Lipinski definition) is 0. The Morgan fingerprint density at radius 3 is 1.71 bits per heavy atom. The predicted molar refractivity (Wildman–Crippen MR) is 70.7 cm³/mol. The zero-order valence-electron chi connectivity index (χ0n) is 9.76. The highest BCUT2D eigenvalue weighted by atomic mass is 16.5. The van der Waals surface area contributed by atoms with Crippen LogP contribution in [0.4, 0.5) is 0 Å². The summed E-state index contributed by atoms with van der Waals surface area (Å²) in [5.41, 5.74) is 4.93. The largest absolute Gasteiger partial charge is 0.372 e. The molecule has 0 N–H and O–H groups in total. The molecule has 0 bridgehead atoms. The van der Waals surface area contributed by atoms with E-state index >= 15 is 0 Å². The van der Waals surface area contributed by atoms with Gasteiger partial charge in [-0.3, -0.25) is 0 Å². The summed E-state index contributed by atoms with van der Waals surface area (Å²) in [6.07, 6.45) is 4.35. The van der Waals surface area contributed by atoms with Crippen molar-refractivity contribution in [3.8, 4) is 0 Å². The molecular formula is C16H14O. The van der Waals surface area contributed by atoms with Crippen molar-refractivity contribution in [2.45, 2.75) is 6.10 Å². The molecule has 1 aliphatic rings. The van der Waals surface area contributed by atoms with Crippen LogP contribution < -0.4 is 0 Å². The van der Waals surface area contributed by atoms with Gasteiger partial charge in [0.15, 0.2) is 0 Å². The molecule has 0 atom stereocenters. The Morgan fingerprint density at radius 2 is 1.24 bits per heavy atom. The van der Waals surface area contributed by atoms with E-state index < -0.39 is 0 Å². The lowest BCUT2D eigenvalue weighted by atomic mass is 9.97. The zero-order valence-corrected chi connectivity index (χ0v) is 9.76. The van der Waals surface area contributed by atoms with Crippen LogP contribution in [0.1, 0.15) is 28.4 Å². The standard InChI is InChI=1S/C16H14O/c1-17-16-14-8-4-2-6-12(14)10-11-13-7-3-5-9-15(13)16/h2-11,16H,1H3. The van der Waals surface area contributed by atoms with Gasteiger partial charge in [0.1, 0.15) is 6.10 Å². The van der Waals surface area contributed by atoms with E-state index in [1.807, 2.05) is 0 Å². The second-order valence-corrected chi connectivity index (χ2v) is 4.21. The van der Waals surface area contributed by atoms with Crippen LogP contribution in [0.2, 0.25) is 0 Å². The fourth-order valence-electron chi connectivity index (χ4n) is 2.40. The van der Waals surface area contributed by atoms with E-state index in [0.717, 1.165) is 0 Å². The second-order valence-electron chi connectivity index (χ2n) is 4.21. The average Bonchev–Trinajstić information content (AvgIpc) is 2.55. The third kappa shape index (κ3) is 1.69. The van der Waals surface area contributed by atoms with Crippen LogP contribution in [-0.2, 0) is 4.74 Å². The summed E-state index contributed by atoms with van der Waals surface area (Å²) in [4.78, 5) is 0. The van der Waals surface area contributed by atoms with Crippen molar-refractivity contribution < 1.29 is 4.74 Å². The Bertz CT molecular complexity index is 520. The third-order valence-electron chi connectivity index (χ3n) is 3.24. The molecule has 2 aromatic rings. The topological polar surface area (TPSA) is 9.23 Å². The van der Waals surface area contributed by atoms with E-state index in [9.17, 15) is 0 Å². The van der Waals surface area contributed by atoms with Gasteiger partial charge in [0.25, 0.3) is 0 Å². The molecule has 0 amide bonds. The molecule has 1 aliphatic carbocycles. The zero-order chi connectivity index (χ0) is 11.7. The maximum Gasteiger partial charge on any atom is 0.108 e. The maximum atomic E-state index is 5.68. The highest BCUT2D eigenvalue weighted by molar-refractivity contribution is 5.76. The van der Waals surface area contributed by atoms with Gasteiger partial charge in [0.2, 0.25) is 0 Å².